The summed E-state index contributed by atoms with van der Waals surface area (Å²) in [5.74, 6) is 0.854. The fourth-order valence-electron chi connectivity index (χ4n) is 2.18. The molecule has 0 saturated heterocycles. The minimum absolute atomic E-state index is 0.598. The second kappa shape index (κ2) is 6.38. The number of nitrogens with zero attached hydrogens (tertiary/aromatic N) is 1. The molecule has 0 amide bonds. The van der Waals surface area contributed by atoms with E-state index in [-0.39, 0.29) is 0 Å². The molecular weight excluding hydrogens is 176 g/mol. The number of nitrogens with two attached hydrogens (primary N) is 1. The van der Waals surface area contributed by atoms with Crippen molar-refractivity contribution >= 4 is 0 Å². The fraction of sp³-hybridized carbons (Fsp3) is 1.00. The maximum atomic E-state index is 5.82. The minimum Gasteiger partial charge on any atom is -0.385 e. The highest BCUT2D eigenvalue weighted by atomic mass is 16.5. The van der Waals surface area contributed by atoms with E-state index >= 15 is 0 Å². The van der Waals surface area contributed by atoms with Crippen molar-refractivity contribution in [2.45, 2.75) is 31.7 Å². The first-order valence-corrected chi connectivity index (χ1v) is 5.68. The molecule has 0 aromatic heterocycles. The van der Waals surface area contributed by atoms with Crippen molar-refractivity contribution in [1.82, 2.24) is 4.90 Å². The van der Waals surface area contributed by atoms with Crippen molar-refractivity contribution < 1.29 is 4.74 Å². The average Bonchev–Trinajstić information content (AvgIpc) is 2.11. The Bertz CT molecular complexity index is 148. The van der Waals surface area contributed by atoms with E-state index in [4.69, 9.17) is 10.5 Å². The molecule has 1 atom stereocenters. The highest BCUT2D eigenvalue weighted by molar-refractivity contribution is 4.84. The predicted octanol–water partition coefficient (Wildman–Crippen LogP) is 1.08. The standard InChI is InChI=1S/C11H24N2O/c1-13(7-4-8-14-2)11(9-12)10-5-3-6-10/h10-11H,3-9,12H2,1-2H3. The molecule has 0 bridgehead atoms. The molecule has 1 aliphatic carbocycles. The second-order valence-electron chi connectivity index (χ2n) is 4.32. The molecular formula is C11H24N2O. The van der Waals surface area contributed by atoms with Gasteiger partial charge >= 0.3 is 0 Å². The van der Waals surface area contributed by atoms with Crippen molar-refractivity contribution in [3.05, 3.63) is 0 Å². The van der Waals surface area contributed by atoms with Gasteiger partial charge in [0.1, 0.15) is 0 Å². The molecule has 2 N–H and O–H groups in total. The molecule has 0 spiro atoms. The zero-order chi connectivity index (χ0) is 10.4. The van der Waals surface area contributed by atoms with Crippen molar-refractivity contribution in [3.63, 3.8) is 0 Å². The van der Waals surface area contributed by atoms with Gasteiger partial charge in [-0.3, -0.25) is 0 Å². The van der Waals surface area contributed by atoms with E-state index in [1.54, 1.807) is 7.11 Å². The average molecular weight is 200 g/mol. The SMILES string of the molecule is COCCCN(C)C(CN)C1CCC1. The Balaban J connectivity index is 2.20. The van der Waals surface area contributed by atoms with E-state index in [2.05, 4.69) is 11.9 Å². The smallest absolute Gasteiger partial charge is 0.0474 e. The number of methoxy groups -OCH3 is 1. The van der Waals surface area contributed by atoms with E-state index in [1.807, 2.05) is 0 Å². The number of hydrogen-bond donors (Lipinski definition) is 1. The summed E-state index contributed by atoms with van der Waals surface area (Å²) in [5.41, 5.74) is 5.82. The summed E-state index contributed by atoms with van der Waals surface area (Å²) in [4.78, 5) is 2.41. The first-order chi connectivity index (χ1) is 6.79. The summed E-state index contributed by atoms with van der Waals surface area (Å²) in [6.45, 7) is 2.76. The predicted molar refractivity (Wildman–Crippen MR) is 59.3 cm³/mol. The third kappa shape index (κ3) is 3.23. The molecule has 0 aromatic carbocycles. The molecule has 1 unspecified atom stereocenters. The first kappa shape index (κ1) is 12.0. The molecule has 0 aromatic rings. The van der Waals surface area contributed by atoms with Gasteiger partial charge in [-0.1, -0.05) is 6.42 Å². The van der Waals surface area contributed by atoms with Gasteiger partial charge in [0.05, 0.1) is 0 Å². The normalized spacial score (nSPS) is 19.7. The van der Waals surface area contributed by atoms with E-state index in [1.165, 1.54) is 19.3 Å². The Morgan fingerprint density at radius 1 is 1.50 bits per heavy atom. The van der Waals surface area contributed by atoms with Crippen LogP contribution in [-0.4, -0.2) is 44.8 Å². The summed E-state index contributed by atoms with van der Waals surface area (Å²) >= 11 is 0. The first-order valence-electron chi connectivity index (χ1n) is 5.68. The molecule has 0 aliphatic heterocycles. The Morgan fingerprint density at radius 2 is 2.21 bits per heavy atom. The Kier molecular flexibility index (Phi) is 5.45. The Morgan fingerprint density at radius 3 is 2.64 bits per heavy atom. The maximum absolute atomic E-state index is 5.82. The van der Waals surface area contributed by atoms with Crippen molar-refractivity contribution in [2.24, 2.45) is 11.7 Å². The molecule has 1 fully saturated rings. The van der Waals surface area contributed by atoms with Crippen molar-refractivity contribution in [1.29, 1.82) is 0 Å². The molecule has 1 rings (SSSR count). The zero-order valence-electron chi connectivity index (χ0n) is 9.54. The topological polar surface area (TPSA) is 38.5 Å². The highest BCUT2D eigenvalue weighted by Gasteiger charge is 2.28. The van der Waals surface area contributed by atoms with Gasteiger partial charge in [0, 0.05) is 32.8 Å². The van der Waals surface area contributed by atoms with Crippen LogP contribution in [0.2, 0.25) is 0 Å². The fourth-order valence-corrected chi connectivity index (χ4v) is 2.18. The lowest BCUT2D eigenvalue weighted by Crippen LogP contribution is -2.46. The summed E-state index contributed by atoms with van der Waals surface area (Å²) in [6, 6.07) is 0.598. The molecule has 3 heteroatoms. The largest absolute Gasteiger partial charge is 0.385 e. The molecule has 0 radical (unpaired) electrons. The van der Waals surface area contributed by atoms with Crippen LogP contribution in [0.1, 0.15) is 25.7 Å². The van der Waals surface area contributed by atoms with Gasteiger partial charge in [-0.2, -0.15) is 0 Å². The summed E-state index contributed by atoms with van der Waals surface area (Å²) in [7, 11) is 3.94. The van der Waals surface area contributed by atoms with Gasteiger partial charge in [0.15, 0.2) is 0 Å². The summed E-state index contributed by atoms with van der Waals surface area (Å²) in [6.07, 6.45) is 5.25. The van der Waals surface area contributed by atoms with Gasteiger partial charge in [-0.25, -0.2) is 0 Å². The Hall–Kier alpha value is -0.120. The van der Waals surface area contributed by atoms with Gasteiger partial charge in [-0.05, 0) is 32.2 Å². The Labute approximate surface area is 87.6 Å². The van der Waals surface area contributed by atoms with Crippen LogP contribution in [0.3, 0.4) is 0 Å². The third-order valence-corrected chi connectivity index (χ3v) is 3.36. The van der Waals surface area contributed by atoms with Gasteiger partial charge in [0.2, 0.25) is 0 Å². The molecule has 1 aliphatic rings. The number of hydrogen-bond acceptors (Lipinski definition) is 3. The summed E-state index contributed by atoms with van der Waals surface area (Å²) < 4.78 is 5.05. The van der Waals surface area contributed by atoms with Gasteiger partial charge in [0.25, 0.3) is 0 Å². The molecule has 84 valence electrons. The van der Waals surface area contributed by atoms with Crippen LogP contribution >= 0.6 is 0 Å². The van der Waals surface area contributed by atoms with Crippen molar-refractivity contribution in [2.75, 3.05) is 33.9 Å². The quantitative estimate of drug-likeness (QED) is 0.625. The summed E-state index contributed by atoms with van der Waals surface area (Å²) in [5, 5.41) is 0. The molecule has 14 heavy (non-hydrogen) atoms. The van der Waals surface area contributed by atoms with Crippen LogP contribution in [0, 0.1) is 5.92 Å². The molecule has 3 nitrogen and oxygen atoms in total. The number of likely N-dealkylation sites (N-methyl/N-ethyl adjacent to an activating group) is 1. The van der Waals surface area contributed by atoms with Crippen molar-refractivity contribution in [3.8, 4) is 0 Å². The van der Waals surface area contributed by atoms with Crippen LogP contribution in [-0.2, 0) is 4.74 Å². The lowest BCUT2D eigenvalue weighted by molar-refractivity contribution is 0.109. The molecule has 1 saturated carbocycles. The lowest BCUT2D eigenvalue weighted by atomic mass is 9.79. The van der Waals surface area contributed by atoms with E-state index in [0.29, 0.717) is 6.04 Å². The zero-order valence-corrected chi connectivity index (χ0v) is 9.54. The van der Waals surface area contributed by atoms with E-state index in [9.17, 15) is 0 Å². The van der Waals surface area contributed by atoms with Crippen LogP contribution in [0.15, 0.2) is 0 Å². The maximum Gasteiger partial charge on any atom is 0.0474 e. The minimum atomic E-state index is 0.598. The van der Waals surface area contributed by atoms with Crippen LogP contribution < -0.4 is 5.73 Å². The monoisotopic (exact) mass is 200 g/mol. The highest BCUT2D eigenvalue weighted by Crippen LogP contribution is 2.31. The number of ether oxygens (including phenoxy) is 1. The van der Waals surface area contributed by atoms with Crippen LogP contribution in [0.4, 0.5) is 0 Å². The third-order valence-electron chi connectivity index (χ3n) is 3.36. The van der Waals surface area contributed by atoms with E-state index in [0.717, 1.165) is 32.0 Å². The van der Waals surface area contributed by atoms with Crippen LogP contribution in [0.5, 0.6) is 0 Å². The molecule has 0 heterocycles. The van der Waals surface area contributed by atoms with Gasteiger partial charge < -0.3 is 15.4 Å². The number of rotatable bonds is 7. The van der Waals surface area contributed by atoms with E-state index < -0.39 is 0 Å². The van der Waals surface area contributed by atoms with Crippen LogP contribution in [0.25, 0.3) is 0 Å². The lowest BCUT2D eigenvalue weighted by Gasteiger charge is -2.38. The second-order valence-corrected chi connectivity index (χ2v) is 4.32. The van der Waals surface area contributed by atoms with Gasteiger partial charge in [-0.15, -0.1) is 0 Å².